The molecule has 0 bridgehead atoms. The van der Waals surface area contributed by atoms with Crippen LogP contribution in [0.2, 0.25) is 0 Å². The molecule has 0 saturated heterocycles. The molecule has 0 aliphatic heterocycles. The molecule has 0 aliphatic carbocycles. The van der Waals surface area contributed by atoms with Crippen LogP contribution in [-0.4, -0.2) is 34.9 Å². The number of alkyl carbamates (subject to hydrolysis) is 1. The van der Waals surface area contributed by atoms with Gasteiger partial charge in [-0.1, -0.05) is 37.3 Å². The molecule has 2 unspecified atom stereocenters. The van der Waals surface area contributed by atoms with Gasteiger partial charge in [-0.15, -0.1) is 0 Å². The van der Waals surface area contributed by atoms with E-state index in [0.717, 1.165) is 5.56 Å². The molecule has 3 N–H and O–H groups in total. The predicted octanol–water partition coefficient (Wildman–Crippen LogP) is 0.994. The summed E-state index contributed by atoms with van der Waals surface area (Å²) in [4.78, 5) is 22.4. The van der Waals surface area contributed by atoms with Crippen LogP contribution in [0.1, 0.15) is 12.5 Å². The maximum absolute atomic E-state index is 11.5. The molecular formula is C13H17NO5. The number of amides is 1. The molecular weight excluding hydrogens is 250 g/mol. The molecule has 19 heavy (non-hydrogen) atoms. The van der Waals surface area contributed by atoms with Gasteiger partial charge in [-0.25, -0.2) is 9.59 Å². The van der Waals surface area contributed by atoms with Crippen molar-refractivity contribution in [3.63, 3.8) is 0 Å². The van der Waals surface area contributed by atoms with E-state index in [0.29, 0.717) is 0 Å². The highest BCUT2D eigenvalue weighted by molar-refractivity contribution is 5.80. The minimum Gasteiger partial charge on any atom is -0.480 e. The van der Waals surface area contributed by atoms with E-state index < -0.39 is 24.0 Å². The maximum atomic E-state index is 11.5. The smallest absolute Gasteiger partial charge is 0.408 e. The van der Waals surface area contributed by atoms with Gasteiger partial charge in [0.1, 0.15) is 12.6 Å². The number of carboxylic acids is 1. The molecule has 0 aliphatic rings. The van der Waals surface area contributed by atoms with Gasteiger partial charge in [-0.2, -0.15) is 0 Å². The van der Waals surface area contributed by atoms with Gasteiger partial charge in [0.05, 0.1) is 0 Å². The summed E-state index contributed by atoms with van der Waals surface area (Å²) in [7, 11) is 0. The van der Waals surface area contributed by atoms with E-state index in [1.54, 1.807) is 12.1 Å². The van der Waals surface area contributed by atoms with Crippen molar-refractivity contribution in [2.24, 2.45) is 5.92 Å². The first-order valence-electron chi connectivity index (χ1n) is 5.85. The van der Waals surface area contributed by atoms with Crippen LogP contribution in [0.3, 0.4) is 0 Å². The highest BCUT2D eigenvalue weighted by atomic mass is 16.5. The first-order chi connectivity index (χ1) is 9.04. The lowest BCUT2D eigenvalue weighted by Gasteiger charge is -2.19. The average Bonchev–Trinajstić information content (AvgIpc) is 2.42. The first-order valence-corrected chi connectivity index (χ1v) is 5.85. The number of ether oxygens (including phenoxy) is 1. The summed E-state index contributed by atoms with van der Waals surface area (Å²) < 4.78 is 4.91. The lowest BCUT2D eigenvalue weighted by molar-refractivity contribution is -0.141. The van der Waals surface area contributed by atoms with E-state index in [1.165, 1.54) is 6.92 Å². The number of aliphatic hydroxyl groups excluding tert-OH is 1. The third-order valence-electron chi connectivity index (χ3n) is 2.61. The van der Waals surface area contributed by atoms with E-state index in [4.69, 9.17) is 14.9 Å². The van der Waals surface area contributed by atoms with E-state index >= 15 is 0 Å². The van der Waals surface area contributed by atoms with E-state index in [9.17, 15) is 9.59 Å². The van der Waals surface area contributed by atoms with Crippen LogP contribution in [-0.2, 0) is 16.1 Å². The fraction of sp³-hybridized carbons (Fsp3) is 0.385. The SMILES string of the molecule is CC(CO)C(NC(=O)OCc1ccccc1)C(=O)O. The maximum Gasteiger partial charge on any atom is 0.408 e. The standard InChI is InChI=1S/C13H17NO5/c1-9(7-15)11(12(16)17)14-13(18)19-8-10-5-3-2-4-6-10/h2-6,9,11,15H,7-8H2,1H3,(H,14,18)(H,16,17). The third-order valence-corrected chi connectivity index (χ3v) is 2.61. The average molecular weight is 267 g/mol. The van der Waals surface area contributed by atoms with E-state index in [1.807, 2.05) is 18.2 Å². The van der Waals surface area contributed by atoms with Crippen molar-refractivity contribution in [2.45, 2.75) is 19.6 Å². The van der Waals surface area contributed by atoms with Gasteiger partial charge in [0.25, 0.3) is 0 Å². The monoisotopic (exact) mass is 267 g/mol. The Kier molecular flexibility index (Phi) is 5.81. The fourth-order valence-electron chi connectivity index (χ4n) is 1.44. The van der Waals surface area contributed by atoms with Gasteiger partial charge in [-0.3, -0.25) is 0 Å². The van der Waals surface area contributed by atoms with Crippen molar-refractivity contribution in [3.8, 4) is 0 Å². The van der Waals surface area contributed by atoms with Crippen molar-refractivity contribution < 1.29 is 24.5 Å². The highest BCUT2D eigenvalue weighted by Gasteiger charge is 2.26. The molecule has 0 fully saturated rings. The van der Waals surface area contributed by atoms with Gasteiger partial charge in [-0.05, 0) is 5.56 Å². The number of carboxylic acid groups (broad SMARTS) is 1. The van der Waals surface area contributed by atoms with Crippen LogP contribution >= 0.6 is 0 Å². The normalized spacial score (nSPS) is 13.4. The van der Waals surface area contributed by atoms with Crippen molar-refractivity contribution in [2.75, 3.05) is 6.61 Å². The summed E-state index contributed by atoms with van der Waals surface area (Å²) in [5.74, 6) is -1.81. The van der Waals surface area contributed by atoms with Gasteiger partial charge in [0, 0.05) is 12.5 Å². The molecule has 2 atom stereocenters. The number of hydrogen-bond donors (Lipinski definition) is 3. The second kappa shape index (κ2) is 7.38. The lowest BCUT2D eigenvalue weighted by atomic mass is 10.0. The van der Waals surface area contributed by atoms with Crippen molar-refractivity contribution >= 4 is 12.1 Å². The topological polar surface area (TPSA) is 95.9 Å². The third kappa shape index (κ3) is 4.97. The molecule has 0 heterocycles. The zero-order valence-corrected chi connectivity index (χ0v) is 10.6. The molecule has 0 radical (unpaired) electrons. The van der Waals surface area contributed by atoms with E-state index in [2.05, 4.69) is 5.32 Å². The minimum absolute atomic E-state index is 0.0620. The Hall–Kier alpha value is -2.08. The molecule has 1 amide bonds. The van der Waals surface area contributed by atoms with Crippen LogP contribution in [0.4, 0.5) is 4.79 Å². The van der Waals surface area contributed by atoms with Crippen LogP contribution in [0.25, 0.3) is 0 Å². The van der Waals surface area contributed by atoms with E-state index in [-0.39, 0.29) is 13.2 Å². The number of aliphatic hydroxyl groups is 1. The number of carbonyl (C=O) groups is 2. The predicted molar refractivity (Wildman–Crippen MR) is 67.4 cm³/mol. The largest absolute Gasteiger partial charge is 0.480 e. The molecule has 104 valence electrons. The molecule has 6 nitrogen and oxygen atoms in total. The highest BCUT2D eigenvalue weighted by Crippen LogP contribution is 2.04. The van der Waals surface area contributed by atoms with Gasteiger partial charge in [0.15, 0.2) is 0 Å². The fourth-order valence-corrected chi connectivity index (χ4v) is 1.44. The van der Waals surface area contributed by atoms with Gasteiger partial charge in [0.2, 0.25) is 0 Å². The quantitative estimate of drug-likeness (QED) is 0.714. The number of benzene rings is 1. The summed E-state index contributed by atoms with van der Waals surface area (Å²) in [5.41, 5.74) is 0.805. The summed E-state index contributed by atoms with van der Waals surface area (Å²) in [5, 5.41) is 20.1. The Labute approximate surface area is 111 Å². The van der Waals surface area contributed by atoms with Crippen molar-refractivity contribution in [1.29, 1.82) is 0 Å². The Balaban J connectivity index is 2.47. The Morgan fingerprint density at radius 3 is 2.47 bits per heavy atom. The van der Waals surface area contributed by atoms with Gasteiger partial charge < -0.3 is 20.3 Å². The van der Waals surface area contributed by atoms with Crippen LogP contribution in [0.5, 0.6) is 0 Å². The lowest BCUT2D eigenvalue weighted by Crippen LogP contribution is -2.46. The number of nitrogens with one attached hydrogen (secondary N) is 1. The summed E-state index contributed by atoms with van der Waals surface area (Å²) in [6.07, 6.45) is -0.823. The Morgan fingerprint density at radius 2 is 1.95 bits per heavy atom. The number of carbonyl (C=O) groups excluding carboxylic acids is 1. The second-order valence-electron chi connectivity index (χ2n) is 4.18. The zero-order chi connectivity index (χ0) is 14.3. The molecule has 0 saturated carbocycles. The van der Waals surface area contributed by atoms with Crippen molar-refractivity contribution in [1.82, 2.24) is 5.32 Å². The Bertz CT molecular complexity index is 420. The molecule has 0 spiro atoms. The van der Waals surface area contributed by atoms with Crippen LogP contribution < -0.4 is 5.32 Å². The Morgan fingerprint density at radius 1 is 1.32 bits per heavy atom. The first kappa shape index (κ1) is 15.0. The van der Waals surface area contributed by atoms with Crippen LogP contribution in [0.15, 0.2) is 30.3 Å². The number of hydrogen-bond acceptors (Lipinski definition) is 4. The van der Waals surface area contributed by atoms with Gasteiger partial charge >= 0.3 is 12.1 Å². The number of rotatable bonds is 6. The summed E-state index contributed by atoms with van der Waals surface area (Å²) in [6.45, 7) is 1.25. The zero-order valence-electron chi connectivity index (χ0n) is 10.6. The molecule has 1 aromatic rings. The second-order valence-corrected chi connectivity index (χ2v) is 4.18. The minimum atomic E-state index is -1.21. The molecule has 6 heteroatoms. The summed E-state index contributed by atoms with van der Waals surface area (Å²) >= 11 is 0. The van der Waals surface area contributed by atoms with Crippen molar-refractivity contribution in [3.05, 3.63) is 35.9 Å². The molecule has 0 aromatic heterocycles. The van der Waals surface area contributed by atoms with Crippen LogP contribution in [0, 0.1) is 5.92 Å². The summed E-state index contributed by atoms with van der Waals surface area (Å²) in [6, 6.07) is 7.87. The molecule has 1 rings (SSSR count). The molecule has 1 aromatic carbocycles. The number of aliphatic carboxylic acids is 1.